The second-order valence-corrected chi connectivity index (χ2v) is 5.22. The average molecular weight is 307 g/mol. The van der Waals surface area contributed by atoms with Crippen LogP contribution in [0.3, 0.4) is 0 Å². The average Bonchev–Trinajstić information content (AvgIpc) is 3.11. The van der Waals surface area contributed by atoms with Crippen molar-refractivity contribution < 1.29 is 4.79 Å². The van der Waals surface area contributed by atoms with Crippen LogP contribution in [-0.4, -0.2) is 25.5 Å². The summed E-state index contributed by atoms with van der Waals surface area (Å²) in [7, 11) is 1.88. The van der Waals surface area contributed by atoms with Crippen LogP contribution in [0.4, 0.5) is 0 Å². The summed E-state index contributed by atoms with van der Waals surface area (Å²) < 4.78 is 3.57. The molecular weight excluding hydrogens is 290 g/mol. The maximum atomic E-state index is 11.1. The van der Waals surface area contributed by atoms with Crippen LogP contribution in [-0.2, 0) is 11.8 Å². The van der Waals surface area contributed by atoms with Gasteiger partial charge < -0.3 is 5.73 Å². The van der Waals surface area contributed by atoms with Crippen molar-refractivity contribution in [2.45, 2.75) is 6.92 Å². The summed E-state index contributed by atoms with van der Waals surface area (Å²) >= 11 is 0. The zero-order valence-electron chi connectivity index (χ0n) is 13.0. The second kappa shape index (κ2) is 5.92. The van der Waals surface area contributed by atoms with E-state index in [2.05, 4.69) is 10.2 Å². The van der Waals surface area contributed by atoms with Gasteiger partial charge in [0.1, 0.15) is 5.69 Å². The van der Waals surface area contributed by atoms with Crippen molar-refractivity contribution in [2.75, 3.05) is 0 Å². The van der Waals surface area contributed by atoms with E-state index in [0.717, 1.165) is 28.2 Å². The standard InChI is InChI=1S/C17H17N5O/c1-12-15(10-19-21(12)2)17-13(8-9-16(18)23)11-22(20-17)14-6-4-3-5-7-14/h3-11H,1-2H3,(H2,18,23)/b9-8+. The number of carbonyl (C=O) groups excluding carboxylic acids is 1. The maximum absolute atomic E-state index is 11.1. The molecule has 6 nitrogen and oxygen atoms in total. The van der Waals surface area contributed by atoms with Gasteiger partial charge in [-0.3, -0.25) is 9.48 Å². The Morgan fingerprint density at radius 2 is 2.00 bits per heavy atom. The highest BCUT2D eigenvalue weighted by Gasteiger charge is 2.15. The lowest BCUT2D eigenvalue weighted by molar-refractivity contribution is -0.113. The van der Waals surface area contributed by atoms with Crippen molar-refractivity contribution in [3.63, 3.8) is 0 Å². The summed E-state index contributed by atoms with van der Waals surface area (Å²) in [6.45, 7) is 1.98. The molecule has 2 N–H and O–H groups in total. The number of amides is 1. The molecule has 2 aromatic heterocycles. The molecule has 3 rings (SSSR count). The lowest BCUT2D eigenvalue weighted by Gasteiger charge is -2.00. The zero-order valence-corrected chi connectivity index (χ0v) is 13.0. The van der Waals surface area contributed by atoms with E-state index in [-0.39, 0.29) is 0 Å². The molecule has 0 aliphatic carbocycles. The van der Waals surface area contributed by atoms with Gasteiger partial charge in [0.25, 0.3) is 0 Å². The van der Waals surface area contributed by atoms with Crippen LogP contribution in [0, 0.1) is 6.92 Å². The van der Waals surface area contributed by atoms with E-state index in [1.807, 2.05) is 50.5 Å². The summed E-state index contributed by atoms with van der Waals surface area (Å²) in [5, 5.41) is 8.93. The number of hydrogen-bond donors (Lipinski definition) is 1. The van der Waals surface area contributed by atoms with Crippen molar-refractivity contribution in [3.8, 4) is 16.9 Å². The largest absolute Gasteiger partial charge is 0.366 e. The zero-order chi connectivity index (χ0) is 16.4. The number of rotatable bonds is 4. The summed E-state index contributed by atoms with van der Waals surface area (Å²) in [4.78, 5) is 11.1. The fourth-order valence-corrected chi connectivity index (χ4v) is 2.33. The van der Waals surface area contributed by atoms with Crippen LogP contribution >= 0.6 is 0 Å². The normalized spacial score (nSPS) is 11.2. The number of benzene rings is 1. The number of para-hydroxylation sites is 1. The van der Waals surface area contributed by atoms with Gasteiger partial charge in [-0.1, -0.05) is 18.2 Å². The molecule has 6 heteroatoms. The molecule has 0 radical (unpaired) electrons. The van der Waals surface area contributed by atoms with Crippen LogP contribution in [0.1, 0.15) is 11.3 Å². The van der Waals surface area contributed by atoms with E-state index < -0.39 is 5.91 Å². The first-order valence-electron chi connectivity index (χ1n) is 7.18. The molecule has 0 aliphatic rings. The fraction of sp³-hybridized carbons (Fsp3) is 0.118. The monoisotopic (exact) mass is 307 g/mol. The van der Waals surface area contributed by atoms with Gasteiger partial charge in [-0.25, -0.2) is 4.68 Å². The molecule has 116 valence electrons. The molecule has 1 aromatic carbocycles. The number of aryl methyl sites for hydroxylation is 1. The van der Waals surface area contributed by atoms with Crippen molar-refractivity contribution in [1.29, 1.82) is 0 Å². The topological polar surface area (TPSA) is 78.7 Å². The molecule has 0 saturated carbocycles. The van der Waals surface area contributed by atoms with E-state index in [1.165, 1.54) is 6.08 Å². The van der Waals surface area contributed by atoms with E-state index in [0.29, 0.717) is 0 Å². The number of nitrogens with zero attached hydrogens (tertiary/aromatic N) is 4. The SMILES string of the molecule is Cc1c(-c2nn(-c3ccccc3)cc2/C=C/C(N)=O)cnn1C. The van der Waals surface area contributed by atoms with Crippen LogP contribution in [0.15, 0.2) is 48.8 Å². The quantitative estimate of drug-likeness (QED) is 0.749. The van der Waals surface area contributed by atoms with Crippen LogP contribution in [0.5, 0.6) is 0 Å². The van der Waals surface area contributed by atoms with E-state index in [1.54, 1.807) is 21.6 Å². The predicted octanol–water partition coefficient (Wildman–Crippen LogP) is 2.08. The summed E-state index contributed by atoms with van der Waals surface area (Å²) in [6.07, 6.45) is 6.66. The van der Waals surface area contributed by atoms with Crippen molar-refractivity contribution >= 4 is 12.0 Å². The maximum Gasteiger partial charge on any atom is 0.241 e. The van der Waals surface area contributed by atoms with E-state index in [9.17, 15) is 4.79 Å². The minimum atomic E-state index is -0.494. The molecule has 0 atom stereocenters. The molecule has 0 spiro atoms. The molecular formula is C17H17N5O. The Hall–Kier alpha value is -3.15. The lowest BCUT2D eigenvalue weighted by atomic mass is 10.1. The van der Waals surface area contributed by atoms with Gasteiger partial charge in [0, 0.05) is 36.1 Å². The molecule has 0 fully saturated rings. The molecule has 0 unspecified atom stereocenters. The van der Waals surface area contributed by atoms with Gasteiger partial charge in [0.2, 0.25) is 5.91 Å². The van der Waals surface area contributed by atoms with Crippen LogP contribution in [0.2, 0.25) is 0 Å². The fourth-order valence-electron chi connectivity index (χ4n) is 2.33. The van der Waals surface area contributed by atoms with Gasteiger partial charge >= 0.3 is 0 Å². The Labute approximate surface area is 133 Å². The van der Waals surface area contributed by atoms with Gasteiger partial charge in [0.05, 0.1) is 11.9 Å². The number of hydrogen-bond acceptors (Lipinski definition) is 3. The molecule has 0 bridgehead atoms. The van der Waals surface area contributed by atoms with Crippen LogP contribution < -0.4 is 5.73 Å². The summed E-state index contributed by atoms with van der Waals surface area (Å²) in [6, 6.07) is 9.78. The second-order valence-electron chi connectivity index (χ2n) is 5.22. The number of primary amides is 1. The third kappa shape index (κ3) is 2.91. The lowest BCUT2D eigenvalue weighted by Crippen LogP contribution is -2.05. The molecule has 0 aliphatic heterocycles. The molecule has 1 amide bonds. The highest BCUT2D eigenvalue weighted by molar-refractivity contribution is 5.91. The first-order chi connectivity index (χ1) is 11.1. The third-order valence-corrected chi connectivity index (χ3v) is 3.68. The Morgan fingerprint density at radius 1 is 1.26 bits per heavy atom. The smallest absolute Gasteiger partial charge is 0.241 e. The summed E-state index contributed by atoms with van der Waals surface area (Å²) in [5.74, 6) is -0.494. The Balaban J connectivity index is 2.15. The molecule has 0 saturated heterocycles. The first kappa shape index (κ1) is 14.8. The molecule has 3 aromatic rings. The highest BCUT2D eigenvalue weighted by atomic mass is 16.1. The van der Waals surface area contributed by atoms with Crippen molar-refractivity contribution in [1.82, 2.24) is 19.6 Å². The Morgan fingerprint density at radius 3 is 2.61 bits per heavy atom. The minimum absolute atomic E-state index is 0.494. The third-order valence-electron chi connectivity index (χ3n) is 3.68. The Kier molecular flexibility index (Phi) is 3.80. The molecule has 2 heterocycles. The first-order valence-corrected chi connectivity index (χ1v) is 7.18. The van der Waals surface area contributed by atoms with Crippen molar-refractivity contribution in [3.05, 3.63) is 60.1 Å². The predicted molar refractivity (Wildman–Crippen MR) is 88.7 cm³/mol. The van der Waals surface area contributed by atoms with Crippen LogP contribution in [0.25, 0.3) is 23.0 Å². The Bertz CT molecular complexity index is 874. The van der Waals surface area contributed by atoms with E-state index >= 15 is 0 Å². The van der Waals surface area contributed by atoms with Crippen molar-refractivity contribution in [2.24, 2.45) is 12.8 Å². The minimum Gasteiger partial charge on any atom is -0.366 e. The van der Waals surface area contributed by atoms with E-state index in [4.69, 9.17) is 5.73 Å². The number of carbonyl (C=O) groups is 1. The van der Waals surface area contributed by atoms with Gasteiger partial charge in [-0.15, -0.1) is 0 Å². The summed E-state index contributed by atoms with van der Waals surface area (Å²) in [5.41, 5.74) is 9.64. The number of nitrogens with two attached hydrogens (primary N) is 1. The number of aromatic nitrogens is 4. The van der Waals surface area contributed by atoms with Gasteiger partial charge in [0.15, 0.2) is 0 Å². The van der Waals surface area contributed by atoms with Gasteiger partial charge in [-0.2, -0.15) is 10.2 Å². The highest BCUT2D eigenvalue weighted by Crippen LogP contribution is 2.27. The van der Waals surface area contributed by atoms with Gasteiger partial charge in [-0.05, 0) is 25.1 Å². The molecule has 23 heavy (non-hydrogen) atoms.